The van der Waals surface area contributed by atoms with Crippen LogP contribution in [0.25, 0.3) is 0 Å². The van der Waals surface area contributed by atoms with Crippen molar-refractivity contribution in [2.24, 2.45) is 0 Å². The van der Waals surface area contributed by atoms with E-state index in [-0.39, 0.29) is 5.75 Å². The molecule has 0 saturated heterocycles. The van der Waals surface area contributed by atoms with Gasteiger partial charge in [-0.15, -0.1) is 0 Å². The molecule has 0 aromatic rings. The fourth-order valence-electron chi connectivity index (χ4n) is 5.37. The van der Waals surface area contributed by atoms with Crippen molar-refractivity contribution in [3.05, 3.63) is 0 Å². The summed E-state index contributed by atoms with van der Waals surface area (Å²) in [6.07, 6.45) is 39.3. The van der Waals surface area contributed by atoms with Crippen LogP contribution in [0.2, 0.25) is 0 Å². The van der Waals surface area contributed by atoms with Crippen LogP contribution in [0.15, 0.2) is 0 Å². The Kier molecular flexibility index (Phi) is 31.4. The molecule has 0 unspecified atom stereocenters. The van der Waals surface area contributed by atoms with E-state index >= 15 is 0 Å². The van der Waals surface area contributed by atoms with Crippen LogP contribution in [0.1, 0.15) is 206 Å². The zero-order valence-corrected chi connectivity index (χ0v) is 27.1. The molecule has 230 valence electrons. The summed E-state index contributed by atoms with van der Waals surface area (Å²) >= 11 is 0. The predicted molar refractivity (Wildman–Crippen MR) is 170 cm³/mol. The third-order valence-corrected chi connectivity index (χ3v) is 9.32. The first-order valence-corrected chi connectivity index (χ1v) is 19.1. The van der Waals surface area contributed by atoms with Gasteiger partial charge in [-0.25, -0.2) is 0 Å². The molecule has 0 aromatic heterocycles. The summed E-state index contributed by atoms with van der Waals surface area (Å²) in [5.74, 6) is 0.197. The molecule has 3 nitrogen and oxygen atoms in total. The molecule has 0 aliphatic rings. The van der Waals surface area contributed by atoms with E-state index < -0.39 is 10.1 Å². The largest absolute Gasteiger partial charge is 0.270 e. The van der Waals surface area contributed by atoms with Gasteiger partial charge in [0.2, 0.25) is 0 Å². The number of unbranched alkanes of at least 4 members (excludes halogenated alkanes) is 28. The van der Waals surface area contributed by atoms with Gasteiger partial charge in [0.05, 0.1) is 12.4 Å². The molecule has 0 aliphatic carbocycles. The SMILES string of the molecule is CCCCCCCCCCCCCCCCCCCCCCOS(=O)(=O)CCCCCCCCCCCC. The molecule has 0 bridgehead atoms. The van der Waals surface area contributed by atoms with Crippen LogP contribution in [0.5, 0.6) is 0 Å². The Morgan fingerprint density at radius 2 is 0.579 bits per heavy atom. The standard InChI is InChI=1S/C34H70O3S/c1-3-5-7-9-11-13-15-16-17-18-19-20-21-22-23-24-25-27-29-31-33-37-38(35,36)34-32-30-28-26-14-12-10-8-6-4-2/h3-34H2,1-2H3. The van der Waals surface area contributed by atoms with E-state index in [0.29, 0.717) is 6.61 Å². The van der Waals surface area contributed by atoms with Crippen LogP contribution in [0.3, 0.4) is 0 Å². The van der Waals surface area contributed by atoms with Crippen LogP contribution >= 0.6 is 0 Å². The van der Waals surface area contributed by atoms with Crippen LogP contribution in [-0.2, 0) is 14.3 Å². The highest BCUT2D eigenvalue weighted by molar-refractivity contribution is 7.86. The minimum Gasteiger partial charge on any atom is -0.270 e. The Labute approximate surface area is 241 Å². The Morgan fingerprint density at radius 3 is 0.868 bits per heavy atom. The van der Waals surface area contributed by atoms with Gasteiger partial charge in [0.25, 0.3) is 10.1 Å². The van der Waals surface area contributed by atoms with Crippen molar-refractivity contribution in [2.75, 3.05) is 12.4 Å². The lowest BCUT2D eigenvalue weighted by molar-refractivity contribution is 0.305. The van der Waals surface area contributed by atoms with E-state index in [0.717, 1.165) is 32.1 Å². The Bertz CT molecular complexity index is 532. The third kappa shape index (κ3) is 32.1. The lowest BCUT2D eigenvalue weighted by atomic mass is 10.0. The summed E-state index contributed by atoms with van der Waals surface area (Å²) < 4.78 is 29.3. The molecule has 0 saturated carbocycles. The van der Waals surface area contributed by atoms with E-state index in [9.17, 15) is 8.42 Å². The van der Waals surface area contributed by atoms with Gasteiger partial charge in [-0.1, -0.05) is 194 Å². The van der Waals surface area contributed by atoms with Gasteiger partial charge < -0.3 is 0 Å². The van der Waals surface area contributed by atoms with Crippen molar-refractivity contribution in [1.29, 1.82) is 0 Å². The first-order valence-electron chi connectivity index (χ1n) is 17.5. The maximum absolute atomic E-state index is 12.0. The summed E-state index contributed by atoms with van der Waals surface area (Å²) in [5, 5.41) is 0. The molecule has 0 rings (SSSR count). The highest BCUT2D eigenvalue weighted by Crippen LogP contribution is 2.15. The van der Waals surface area contributed by atoms with E-state index in [4.69, 9.17) is 4.18 Å². The predicted octanol–water partition coefficient (Wildman–Crippen LogP) is 12.1. The number of rotatable bonds is 33. The smallest absolute Gasteiger partial charge is 0.267 e. The van der Waals surface area contributed by atoms with E-state index in [1.807, 2.05) is 0 Å². The van der Waals surface area contributed by atoms with Crippen molar-refractivity contribution >= 4 is 10.1 Å². The van der Waals surface area contributed by atoms with Gasteiger partial charge >= 0.3 is 0 Å². The molecule has 0 fully saturated rings. The molecule has 0 spiro atoms. The van der Waals surface area contributed by atoms with Crippen molar-refractivity contribution in [3.63, 3.8) is 0 Å². The minimum atomic E-state index is -3.31. The Morgan fingerprint density at radius 1 is 0.342 bits per heavy atom. The van der Waals surface area contributed by atoms with Crippen LogP contribution in [0.4, 0.5) is 0 Å². The summed E-state index contributed by atoms with van der Waals surface area (Å²) in [7, 11) is -3.31. The summed E-state index contributed by atoms with van der Waals surface area (Å²) in [5.41, 5.74) is 0. The van der Waals surface area contributed by atoms with E-state index in [2.05, 4.69) is 13.8 Å². The molecule has 38 heavy (non-hydrogen) atoms. The van der Waals surface area contributed by atoms with E-state index in [1.165, 1.54) is 161 Å². The second-order valence-corrected chi connectivity index (χ2v) is 13.7. The van der Waals surface area contributed by atoms with Gasteiger partial charge in [0, 0.05) is 0 Å². The maximum Gasteiger partial charge on any atom is 0.267 e. The molecule has 0 aromatic carbocycles. The monoisotopic (exact) mass is 559 g/mol. The van der Waals surface area contributed by atoms with Crippen molar-refractivity contribution in [3.8, 4) is 0 Å². The van der Waals surface area contributed by atoms with Crippen LogP contribution in [0, 0.1) is 0 Å². The third-order valence-electron chi connectivity index (χ3n) is 8.01. The summed E-state index contributed by atoms with van der Waals surface area (Å²) in [6, 6.07) is 0. The van der Waals surface area contributed by atoms with Crippen molar-refractivity contribution in [1.82, 2.24) is 0 Å². The molecular formula is C34H70O3S. The molecule has 0 atom stereocenters. The molecule has 0 radical (unpaired) electrons. The van der Waals surface area contributed by atoms with Crippen molar-refractivity contribution in [2.45, 2.75) is 206 Å². The van der Waals surface area contributed by atoms with Gasteiger partial charge in [-0.3, -0.25) is 4.18 Å². The second kappa shape index (κ2) is 31.4. The summed E-state index contributed by atoms with van der Waals surface area (Å²) in [6.45, 7) is 4.91. The second-order valence-electron chi connectivity index (χ2n) is 12.0. The van der Waals surface area contributed by atoms with Crippen LogP contribution < -0.4 is 0 Å². The normalized spacial score (nSPS) is 11.9. The first kappa shape index (κ1) is 37.9. The Balaban J connectivity index is 3.24. The van der Waals surface area contributed by atoms with Crippen LogP contribution in [-0.4, -0.2) is 20.8 Å². The quantitative estimate of drug-likeness (QED) is 0.0594. The average molecular weight is 559 g/mol. The lowest BCUT2D eigenvalue weighted by Gasteiger charge is -2.06. The number of hydrogen-bond donors (Lipinski definition) is 0. The molecule has 0 N–H and O–H groups in total. The van der Waals surface area contributed by atoms with E-state index in [1.54, 1.807) is 0 Å². The number of hydrogen-bond acceptors (Lipinski definition) is 3. The van der Waals surface area contributed by atoms with Gasteiger partial charge in [-0.2, -0.15) is 8.42 Å². The maximum atomic E-state index is 12.0. The zero-order valence-electron chi connectivity index (χ0n) is 26.3. The highest BCUT2D eigenvalue weighted by Gasteiger charge is 2.10. The fraction of sp³-hybridized carbons (Fsp3) is 1.00. The molecular weight excluding hydrogens is 488 g/mol. The fourth-order valence-corrected chi connectivity index (χ4v) is 6.42. The minimum absolute atomic E-state index is 0.197. The molecule has 0 heterocycles. The molecule has 0 aliphatic heterocycles. The summed E-state index contributed by atoms with van der Waals surface area (Å²) in [4.78, 5) is 0. The lowest BCUT2D eigenvalue weighted by Crippen LogP contribution is -2.11. The average Bonchev–Trinajstić information content (AvgIpc) is 2.90. The Hall–Kier alpha value is -0.0900. The van der Waals surface area contributed by atoms with Gasteiger partial charge in [-0.05, 0) is 12.8 Å². The zero-order chi connectivity index (χ0) is 27.8. The molecule has 0 amide bonds. The van der Waals surface area contributed by atoms with Gasteiger partial charge in [0.1, 0.15) is 0 Å². The van der Waals surface area contributed by atoms with Gasteiger partial charge in [0.15, 0.2) is 0 Å². The molecule has 4 heteroatoms. The first-order chi connectivity index (χ1) is 18.6. The van der Waals surface area contributed by atoms with Crippen molar-refractivity contribution < 1.29 is 12.6 Å². The topological polar surface area (TPSA) is 43.4 Å². The highest BCUT2D eigenvalue weighted by atomic mass is 32.2.